The number of fused-ring (bicyclic) bond motifs is 1. The van der Waals surface area contributed by atoms with Crippen LogP contribution in [0.2, 0.25) is 0 Å². The first kappa shape index (κ1) is 20.1. The van der Waals surface area contributed by atoms with E-state index in [0.717, 1.165) is 12.1 Å². The number of alkyl halides is 3. The van der Waals surface area contributed by atoms with E-state index in [1.165, 1.54) is 28.3 Å². The largest absolute Gasteiger partial charge is 0.416 e. The first-order chi connectivity index (χ1) is 14.2. The smallest absolute Gasteiger partial charge is 0.318 e. The van der Waals surface area contributed by atoms with Gasteiger partial charge in [0.15, 0.2) is 5.78 Å². The van der Waals surface area contributed by atoms with Crippen LogP contribution in [0.4, 0.5) is 13.2 Å². The lowest BCUT2D eigenvalue weighted by molar-refractivity contribution is -0.137. The Hall–Kier alpha value is -3.20. The molecular formula is C21H16F3N3O2S. The fourth-order valence-electron chi connectivity index (χ4n) is 3.51. The summed E-state index contributed by atoms with van der Waals surface area (Å²) in [5.41, 5.74) is 0.728. The van der Waals surface area contributed by atoms with Crippen LogP contribution in [0.25, 0.3) is 15.9 Å². The van der Waals surface area contributed by atoms with Crippen LogP contribution in [-0.4, -0.2) is 19.9 Å². The number of hydrogen-bond donors (Lipinski definition) is 0. The second-order valence-corrected chi connectivity index (χ2v) is 7.80. The van der Waals surface area contributed by atoms with Crippen molar-refractivity contribution >= 4 is 27.3 Å². The fraction of sp³-hybridized carbons (Fsp3) is 0.190. The summed E-state index contributed by atoms with van der Waals surface area (Å²) in [5.74, 6) is -0.320. The Morgan fingerprint density at radius 2 is 1.93 bits per heavy atom. The van der Waals surface area contributed by atoms with Gasteiger partial charge in [-0.1, -0.05) is 6.07 Å². The lowest BCUT2D eigenvalue weighted by atomic mass is 10.1. The summed E-state index contributed by atoms with van der Waals surface area (Å²) in [6.45, 7) is 3.18. The van der Waals surface area contributed by atoms with Crippen molar-refractivity contribution in [3.8, 4) is 5.69 Å². The summed E-state index contributed by atoms with van der Waals surface area (Å²) in [7, 11) is 0. The first-order valence-corrected chi connectivity index (χ1v) is 9.87. The molecule has 5 nitrogen and oxygen atoms in total. The number of nitrogens with zero attached hydrogens (tertiary/aromatic N) is 3. The van der Waals surface area contributed by atoms with E-state index < -0.39 is 11.7 Å². The second kappa shape index (κ2) is 7.24. The molecular weight excluding hydrogens is 415 g/mol. The van der Waals surface area contributed by atoms with Crippen LogP contribution < -0.4 is 5.56 Å². The summed E-state index contributed by atoms with van der Waals surface area (Å²) >= 11 is 1.34. The molecule has 4 aromatic rings. The van der Waals surface area contributed by atoms with E-state index in [2.05, 4.69) is 4.98 Å². The van der Waals surface area contributed by atoms with Crippen molar-refractivity contribution in [2.45, 2.75) is 26.6 Å². The number of hydrogen-bond acceptors (Lipinski definition) is 4. The third kappa shape index (κ3) is 3.45. The molecule has 3 heterocycles. The Morgan fingerprint density at radius 3 is 2.67 bits per heavy atom. The Labute approximate surface area is 173 Å². The van der Waals surface area contributed by atoms with Gasteiger partial charge >= 0.3 is 6.18 Å². The Morgan fingerprint density at radius 1 is 1.17 bits per heavy atom. The van der Waals surface area contributed by atoms with Crippen molar-refractivity contribution in [2.24, 2.45) is 0 Å². The number of aromatic nitrogens is 3. The van der Waals surface area contributed by atoms with Crippen molar-refractivity contribution in [2.75, 3.05) is 0 Å². The van der Waals surface area contributed by atoms with Crippen LogP contribution in [0.15, 0.2) is 52.9 Å². The number of rotatable bonds is 4. The number of thiophene rings is 1. The van der Waals surface area contributed by atoms with Gasteiger partial charge in [0.1, 0.15) is 4.83 Å². The molecule has 0 aliphatic carbocycles. The van der Waals surface area contributed by atoms with Gasteiger partial charge in [-0.3, -0.25) is 14.2 Å². The summed E-state index contributed by atoms with van der Waals surface area (Å²) in [6.07, 6.45) is -3.12. The second-order valence-electron chi connectivity index (χ2n) is 6.91. The minimum absolute atomic E-state index is 0.204. The molecule has 3 aromatic heterocycles. The monoisotopic (exact) mass is 431 g/mol. The predicted octanol–water partition coefficient (Wildman–Crippen LogP) is 4.77. The molecule has 0 atom stereocenters. The molecule has 154 valence electrons. The molecule has 0 bridgehead atoms. The van der Waals surface area contributed by atoms with E-state index in [1.807, 2.05) is 0 Å². The maximum Gasteiger partial charge on any atom is 0.416 e. The number of benzene rings is 1. The standard InChI is InChI=1S/C21H16F3N3O2S/c1-12-8-17(13(2)27(12)15-5-3-4-14(9-15)21(22,23)24)18(28)10-26-11-25-19-16(20(26)29)6-7-30-19/h3-9,11H,10H2,1-2H3. The quantitative estimate of drug-likeness (QED) is 0.438. The molecule has 0 fully saturated rings. The Bertz CT molecular complexity index is 1330. The highest BCUT2D eigenvalue weighted by molar-refractivity contribution is 7.16. The van der Waals surface area contributed by atoms with E-state index in [1.54, 1.807) is 42.0 Å². The van der Waals surface area contributed by atoms with Crippen molar-refractivity contribution in [1.82, 2.24) is 14.1 Å². The average Bonchev–Trinajstić information content (AvgIpc) is 3.28. The Kier molecular flexibility index (Phi) is 4.85. The predicted molar refractivity (Wildman–Crippen MR) is 108 cm³/mol. The van der Waals surface area contributed by atoms with E-state index in [9.17, 15) is 22.8 Å². The molecule has 0 saturated carbocycles. The number of aryl methyl sites for hydroxylation is 1. The molecule has 1 aromatic carbocycles. The fourth-order valence-corrected chi connectivity index (χ4v) is 4.23. The van der Waals surface area contributed by atoms with Gasteiger partial charge in [0.2, 0.25) is 0 Å². The normalized spacial score (nSPS) is 11.9. The molecule has 0 radical (unpaired) electrons. The van der Waals surface area contributed by atoms with Crippen molar-refractivity contribution in [3.63, 3.8) is 0 Å². The zero-order valence-corrected chi connectivity index (χ0v) is 16.8. The highest BCUT2D eigenvalue weighted by Crippen LogP contribution is 2.31. The van der Waals surface area contributed by atoms with Gasteiger partial charge in [0, 0.05) is 22.6 Å². The number of carbonyl (C=O) groups excluding carboxylic acids is 1. The molecule has 0 amide bonds. The zero-order valence-electron chi connectivity index (χ0n) is 16.0. The van der Waals surface area contributed by atoms with Crippen LogP contribution in [0.5, 0.6) is 0 Å². The highest BCUT2D eigenvalue weighted by Gasteiger charge is 2.31. The summed E-state index contributed by atoms with van der Waals surface area (Å²) in [4.78, 5) is 30.2. The lowest BCUT2D eigenvalue weighted by Crippen LogP contribution is -2.24. The Balaban J connectivity index is 1.70. The molecule has 9 heteroatoms. The molecule has 0 unspecified atom stereocenters. The minimum Gasteiger partial charge on any atom is -0.318 e. The van der Waals surface area contributed by atoms with Crippen molar-refractivity contribution < 1.29 is 18.0 Å². The summed E-state index contributed by atoms with van der Waals surface area (Å²) in [6, 6.07) is 8.23. The summed E-state index contributed by atoms with van der Waals surface area (Å²) in [5, 5.41) is 2.21. The maximum atomic E-state index is 13.1. The van der Waals surface area contributed by atoms with Gasteiger partial charge in [-0.2, -0.15) is 13.2 Å². The van der Waals surface area contributed by atoms with Gasteiger partial charge in [-0.15, -0.1) is 11.3 Å². The van der Waals surface area contributed by atoms with Crippen LogP contribution in [0, 0.1) is 13.8 Å². The minimum atomic E-state index is -4.46. The SMILES string of the molecule is Cc1cc(C(=O)Cn2cnc3sccc3c2=O)c(C)n1-c1cccc(C(F)(F)F)c1. The van der Waals surface area contributed by atoms with Crippen LogP contribution >= 0.6 is 11.3 Å². The van der Waals surface area contributed by atoms with Gasteiger partial charge in [0.05, 0.1) is 23.8 Å². The molecule has 30 heavy (non-hydrogen) atoms. The molecule has 0 spiro atoms. The zero-order chi connectivity index (χ0) is 21.6. The molecule has 4 rings (SSSR count). The van der Waals surface area contributed by atoms with Gasteiger partial charge in [0.25, 0.3) is 5.56 Å². The number of halogens is 3. The van der Waals surface area contributed by atoms with E-state index in [-0.39, 0.29) is 17.9 Å². The summed E-state index contributed by atoms with van der Waals surface area (Å²) < 4.78 is 42.1. The van der Waals surface area contributed by atoms with Crippen molar-refractivity contribution in [1.29, 1.82) is 0 Å². The molecule has 0 aliphatic rings. The highest BCUT2D eigenvalue weighted by atomic mass is 32.1. The van der Waals surface area contributed by atoms with Crippen LogP contribution in [0.3, 0.4) is 0 Å². The molecule has 0 aliphatic heterocycles. The van der Waals surface area contributed by atoms with Crippen molar-refractivity contribution in [3.05, 3.63) is 81.0 Å². The maximum absolute atomic E-state index is 13.1. The van der Waals surface area contributed by atoms with E-state index in [4.69, 9.17) is 0 Å². The number of ketones is 1. The van der Waals surface area contributed by atoms with Gasteiger partial charge < -0.3 is 4.57 Å². The topological polar surface area (TPSA) is 56.9 Å². The average molecular weight is 431 g/mol. The molecule has 0 N–H and O–H groups in total. The van der Waals surface area contributed by atoms with Crippen LogP contribution in [-0.2, 0) is 12.7 Å². The number of Topliss-reactive ketones (excluding diaryl/α,β-unsaturated/α-hetero) is 1. The number of carbonyl (C=O) groups is 1. The third-order valence-corrected chi connectivity index (χ3v) is 5.75. The lowest BCUT2D eigenvalue weighted by Gasteiger charge is -2.13. The van der Waals surface area contributed by atoms with E-state index >= 15 is 0 Å². The van der Waals surface area contributed by atoms with Gasteiger partial charge in [-0.05, 0) is 49.6 Å². The molecule has 0 saturated heterocycles. The van der Waals surface area contributed by atoms with Gasteiger partial charge in [-0.25, -0.2) is 4.98 Å². The third-order valence-electron chi connectivity index (χ3n) is 4.93. The van der Waals surface area contributed by atoms with E-state index in [0.29, 0.717) is 32.9 Å². The van der Waals surface area contributed by atoms with Crippen LogP contribution in [0.1, 0.15) is 27.3 Å². The first-order valence-electron chi connectivity index (χ1n) is 8.99.